The molecule has 0 spiro atoms. The van der Waals surface area contributed by atoms with Gasteiger partial charge in [-0.1, -0.05) is 18.0 Å². The molecule has 2 heterocycles. The van der Waals surface area contributed by atoms with Crippen LogP contribution in [0.2, 0.25) is 5.02 Å². The van der Waals surface area contributed by atoms with E-state index < -0.39 is 0 Å². The third-order valence-corrected chi connectivity index (χ3v) is 4.62. The topological polar surface area (TPSA) is 43.0 Å². The molecule has 1 aliphatic carbocycles. The van der Waals surface area contributed by atoms with E-state index in [1.54, 1.807) is 0 Å². The van der Waals surface area contributed by atoms with Gasteiger partial charge in [-0.3, -0.25) is 4.68 Å². The first kappa shape index (κ1) is 13.7. The Balaban J connectivity index is 1.90. The Morgan fingerprint density at radius 2 is 2.20 bits per heavy atom. The van der Waals surface area contributed by atoms with Gasteiger partial charge in [0.25, 0.3) is 0 Å². The van der Waals surface area contributed by atoms with Crippen LogP contribution in [0.4, 0.5) is 0 Å². The second-order valence-corrected chi connectivity index (χ2v) is 6.02. The fraction of sp³-hybridized carbons (Fsp3) is 0.533. The summed E-state index contributed by atoms with van der Waals surface area (Å²) in [5.74, 6) is 0. The maximum absolute atomic E-state index is 10.2. The first-order chi connectivity index (χ1) is 9.56. The van der Waals surface area contributed by atoms with E-state index in [0.717, 1.165) is 47.7 Å². The molecule has 108 valence electrons. The average Bonchev–Trinajstić information content (AvgIpc) is 2.86. The molecule has 1 atom stereocenters. The normalized spacial score (nSPS) is 18.9. The van der Waals surface area contributed by atoms with Crippen molar-refractivity contribution in [1.82, 2.24) is 14.3 Å². The molecule has 5 heteroatoms. The van der Waals surface area contributed by atoms with E-state index in [2.05, 4.69) is 22.1 Å². The first-order valence-electron chi connectivity index (χ1n) is 7.11. The van der Waals surface area contributed by atoms with Gasteiger partial charge in [0.15, 0.2) is 0 Å². The number of fused-ring (bicyclic) bond motifs is 1. The second kappa shape index (κ2) is 5.26. The number of aliphatic hydroxyl groups excluding tert-OH is 1. The van der Waals surface area contributed by atoms with Gasteiger partial charge >= 0.3 is 0 Å². The van der Waals surface area contributed by atoms with Crippen molar-refractivity contribution in [2.45, 2.75) is 45.3 Å². The average molecular weight is 294 g/mol. The van der Waals surface area contributed by atoms with Gasteiger partial charge in [0.05, 0.1) is 29.1 Å². The number of halogens is 1. The maximum Gasteiger partial charge on any atom is 0.0865 e. The predicted octanol–water partition coefficient (Wildman–Crippen LogP) is 2.99. The molecular weight excluding hydrogens is 274 g/mol. The Bertz CT molecular complexity index is 629. The van der Waals surface area contributed by atoms with Gasteiger partial charge in [-0.2, -0.15) is 5.10 Å². The summed E-state index contributed by atoms with van der Waals surface area (Å²) in [6.07, 6.45) is 8.05. The minimum absolute atomic E-state index is 0.322. The van der Waals surface area contributed by atoms with Gasteiger partial charge in [-0.15, -0.1) is 0 Å². The Hall–Kier alpha value is -1.26. The van der Waals surface area contributed by atoms with Crippen LogP contribution in [0.3, 0.4) is 0 Å². The van der Waals surface area contributed by atoms with E-state index in [4.69, 9.17) is 11.6 Å². The number of hydrogen-bond acceptors (Lipinski definition) is 2. The zero-order chi connectivity index (χ0) is 14.3. The molecule has 0 aromatic carbocycles. The van der Waals surface area contributed by atoms with E-state index in [9.17, 15) is 5.11 Å². The molecule has 0 amide bonds. The summed E-state index contributed by atoms with van der Waals surface area (Å²) < 4.78 is 3.95. The Kier molecular flexibility index (Phi) is 3.61. The van der Waals surface area contributed by atoms with Gasteiger partial charge in [0.2, 0.25) is 0 Å². The molecular formula is C15H20ClN3O. The van der Waals surface area contributed by atoms with Crippen molar-refractivity contribution in [2.24, 2.45) is 7.05 Å². The smallest absolute Gasteiger partial charge is 0.0865 e. The third-order valence-electron chi connectivity index (χ3n) is 4.12. The van der Waals surface area contributed by atoms with Crippen molar-refractivity contribution < 1.29 is 5.11 Å². The summed E-state index contributed by atoms with van der Waals surface area (Å²) in [6.45, 7) is 2.61. The minimum Gasteiger partial charge on any atom is -0.388 e. The van der Waals surface area contributed by atoms with Crippen LogP contribution in [-0.2, 0) is 20.0 Å². The molecule has 4 nitrogen and oxygen atoms in total. The van der Waals surface area contributed by atoms with Gasteiger partial charge in [-0.25, -0.2) is 0 Å². The molecule has 0 aliphatic heterocycles. The molecule has 1 aliphatic rings. The molecule has 0 fully saturated rings. The lowest BCUT2D eigenvalue weighted by Gasteiger charge is -2.07. The summed E-state index contributed by atoms with van der Waals surface area (Å²) in [7, 11) is 1.91. The van der Waals surface area contributed by atoms with E-state index in [1.165, 1.54) is 5.56 Å². The molecule has 0 radical (unpaired) electrons. The van der Waals surface area contributed by atoms with Crippen LogP contribution in [0.15, 0.2) is 12.4 Å². The summed E-state index contributed by atoms with van der Waals surface area (Å²) in [6, 6.07) is 0. The highest BCUT2D eigenvalue weighted by molar-refractivity contribution is 6.31. The second-order valence-electron chi connectivity index (χ2n) is 5.64. The predicted molar refractivity (Wildman–Crippen MR) is 79.0 cm³/mol. The summed E-state index contributed by atoms with van der Waals surface area (Å²) in [5.41, 5.74) is 4.21. The lowest BCUT2D eigenvalue weighted by atomic mass is 10.1. The number of aryl methyl sites for hydroxylation is 3. The fourth-order valence-electron chi connectivity index (χ4n) is 3.01. The molecule has 20 heavy (non-hydrogen) atoms. The Morgan fingerprint density at radius 1 is 1.40 bits per heavy atom. The van der Waals surface area contributed by atoms with Crippen molar-refractivity contribution in [3.63, 3.8) is 0 Å². The minimum atomic E-state index is -0.322. The number of nitrogens with zero attached hydrogens (tertiary/aromatic N) is 3. The summed E-state index contributed by atoms with van der Waals surface area (Å²) in [5, 5.41) is 15.3. The molecule has 2 aromatic heterocycles. The number of hydrogen-bond donors (Lipinski definition) is 1. The summed E-state index contributed by atoms with van der Waals surface area (Å²) in [4.78, 5) is 0. The number of rotatable bonds is 2. The largest absolute Gasteiger partial charge is 0.388 e. The van der Waals surface area contributed by atoms with E-state index in [0.29, 0.717) is 6.54 Å². The van der Waals surface area contributed by atoms with Crippen LogP contribution in [0.25, 0.3) is 0 Å². The lowest BCUT2D eigenvalue weighted by molar-refractivity contribution is 0.166. The SMILES string of the molecule is Cc1nn(C)c(Cn2cc3c(c2)C(O)CCCC3)c1Cl. The monoisotopic (exact) mass is 293 g/mol. The third kappa shape index (κ3) is 2.38. The standard InChI is InChI=1S/C15H20ClN3O/c1-10-15(16)13(18(2)17-10)9-19-7-11-5-3-4-6-14(20)12(11)8-19/h7-8,14,20H,3-6,9H2,1-2H3. The van der Waals surface area contributed by atoms with Crippen LogP contribution >= 0.6 is 11.6 Å². The van der Waals surface area contributed by atoms with Crippen molar-refractivity contribution in [3.8, 4) is 0 Å². The molecule has 1 unspecified atom stereocenters. The van der Waals surface area contributed by atoms with Crippen molar-refractivity contribution >= 4 is 11.6 Å². The zero-order valence-electron chi connectivity index (χ0n) is 11.9. The van der Waals surface area contributed by atoms with Crippen LogP contribution < -0.4 is 0 Å². The lowest BCUT2D eigenvalue weighted by Crippen LogP contribution is -2.04. The van der Waals surface area contributed by atoms with Crippen LogP contribution in [0, 0.1) is 6.92 Å². The maximum atomic E-state index is 10.2. The quantitative estimate of drug-likeness (QED) is 0.865. The zero-order valence-corrected chi connectivity index (χ0v) is 12.7. The molecule has 2 aromatic rings. The van der Waals surface area contributed by atoms with Crippen LogP contribution in [-0.4, -0.2) is 19.5 Å². The van der Waals surface area contributed by atoms with Crippen molar-refractivity contribution in [3.05, 3.63) is 39.9 Å². The van der Waals surface area contributed by atoms with Gasteiger partial charge in [0, 0.05) is 25.0 Å². The van der Waals surface area contributed by atoms with E-state index in [1.807, 2.05) is 18.7 Å². The fourth-order valence-corrected chi connectivity index (χ4v) is 3.23. The van der Waals surface area contributed by atoms with E-state index >= 15 is 0 Å². The Morgan fingerprint density at radius 3 is 2.90 bits per heavy atom. The van der Waals surface area contributed by atoms with Crippen LogP contribution in [0.5, 0.6) is 0 Å². The Labute approximate surface area is 124 Å². The van der Waals surface area contributed by atoms with Gasteiger partial charge < -0.3 is 9.67 Å². The van der Waals surface area contributed by atoms with Crippen molar-refractivity contribution in [1.29, 1.82) is 0 Å². The number of aromatic nitrogens is 3. The van der Waals surface area contributed by atoms with Gasteiger partial charge in [-0.05, 0) is 31.7 Å². The van der Waals surface area contributed by atoms with Crippen molar-refractivity contribution in [2.75, 3.05) is 0 Å². The highest BCUT2D eigenvalue weighted by atomic mass is 35.5. The van der Waals surface area contributed by atoms with E-state index in [-0.39, 0.29) is 6.10 Å². The summed E-state index contributed by atoms with van der Waals surface area (Å²) >= 11 is 6.30. The molecule has 0 saturated heterocycles. The first-order valence-corrected chi connectivity index (χ1v) is 7.48. The highest BCUT2D eigenvalue weighted by Crippen LogP contribution is 2.30. The van der Waals surface area contributed by atoms with Crippen LogP contribution in [0.1, 0.15) is 47.9 Å². The van der Waals surface area contributed by atoms with Gasteiger partial charge in [0.1, 0.15) is 0 Å². The molecule has 3 rings (SSSR count). The molecule has 0 bridgehead atoms. The molecule has 1 N–H and O–H groups in total. The highest BCUT2D eigenvalue weighted by Gasteiger charge is 2.19. The molecule has 0 saturated carbocycles. The number of aliphatic hydroxyl groups is 1.